The number of esters is 1. The number of alkyl carbamates (subject to hydrolysis) is 1. The van der Waals surface area contributed by atoms with Crippen LogP contribution < -0.4 is 9.50 Å². The van der Waals surface area contributed by atoms with Gasteiger partial charge in [0.15, 0.2) is 6.04 Å². The number of nitrogens with one attached hydrogen (secondary N) is 1. The topological polar surface area (TPSA) is 108 Å². The minimum atomic E-state index is -4.04. The number of hydrogen-bond donors (Lipinski definition) is 1. The summed E-state index contributed by atoms with van der Waals surface area (Å²) in [5, 5.41) is 2.53. The molecule has 0 aromatic heterocycles. The van der Waals surface area contributed by atoms with E-state index in [-0.39, 0.29) is 17.3 Å². The summed E-state index contributed by atoms with van der Waals surface area (Å²) >= 11 is 0. The van der Waals surface area contributed by atoms with Crippen molar-refractivity contribution in [1.82, 2.24) is 5.32 Å². The first-order valence-electron chi connectivity index (χ1n) is 11.2. The molecule has 3 aromatic rings. The highest BCUT2D eigenvalue weighted by Gasteiger charge is 2.27. The van der Waals surface area contributed by atoms with Gasteiger partial charge in [-0.25, -0.2) is 9.59 Å². The number of benzene rings is 3. The van der Waals surface area contributed by atoms with E-state index in [9.17, 15) is 18.0 Å². The minimum absolute atomic E-state index is 0.0160. The highest BCUT2D eigenvalue weighted by Crippen LogP contribution is 2.23. The van der Waals surface area contributed by atoms with Crippen molar-refractivity contribution in [3.8, 4) is 5.75 Å². The zero-order valence-electron chi connectivity index (χ0n) is 20.6. The lowest BCUT2D eigenvalue weighted by Gasteiger charge is -2.23. The smallest absolute Gasteiger partial charge is 0.408 e. The first-order valence-corrected chi connectivity index (χ1v) is 12.6. The SMILES string of the molecule is Cc1ccc(S(=O)(=O)Oc2ccc(C(NC(=O)OC(C)(C)C)C(=O)OCc3ccccc3)cc2)cc1. The van der Waals surface area contributed by atoms with E-state index in [0.717, 1.165) is 11.1 Å². The lowest BCUT2D eigenvalue weighted by atomic mass is 10.1. The molecule has 0 aliphatic rings. The normalized spacial score (nSPS) is 12.3. The Kier molecular flexibility index (Phi) is 8.37. The quantitative estimate of drug-likeness (QED) is 0.332. The summed E-state index contributed by atoms with van der Waals surface area (Å²) in [6.45, 7) is 6.98. The molecule has 0 fully saturated rings. The number of hydrogen-bond acceptors (Lipinski definition) is 7. The predicted octanol–water partition coefficient (Wildman–Crippen LogP) is 5.07. The molecule has 190 valence electrons. The predicted molar refractivity (Wildman–Crippen MR) is 134 cm³/mol. The van der Waals surface area contributed by atoms with Gasteiger partial charge in [0.1, 0.15) is 22.9 Å². The zero-order chi connectivity index (χ0) is 26.3. The third kappa shape index (κ3) is 7.84. The second kappa shape index (κ2) is 11.3. The Morgan fingerprint density at radius 2 is 1.50 bits per heavy atom. The van der Waals surface area contributed by atoms with Gasteiger partial charge in [-0.05, 0) is 63.1 Å². The number of ether oxygens (including phenoxy) is 2. The Labute approximate surface area is 211 Å². The molecule has 1 N–H and O–H groups in total. The molecular formula is C27H29NO7S. The molecule has 0 saturated heterocycles. The minimum Gasteiger partial charge on any atom is -0.459 e. The Hall–Kier alpha value is -3.85. The Balaban J connectivity index is 1.78. The van der Waals surface area contributed by atoms with Gasteiger partial charge in [-0.15, -0.1) is 0 Å². The van der Waals surface area contributed by atoms with Crippen LogP contribution in [0.4, 0.5) is 4.79 Å². The second-order valence-electron chi connectivity index (χ2n) is 9.09. The summed E-state index contributed by atoms with van der Waals surface area (Å²) in [5.74, 6) is -0.654. The van der Waals surface area contributed by atoms with E-state index >= 15 is 0 Å². The van der Waals surface area contributed by atoms with Gasteiger partial charge >= 0.3 is 22.2 Å². The van der Waals surface area contributed by atoms with Crippen LogP contribution in [0.25, 0.3) is 0 Å². The fourth-order valence-corrected chi connectivity index (χ4v) is 4.04. The summed E-state index contributed by atoms with van der Waals surface area (Å²) in [5.41, 5.74) is 1.29. The van der Waals surface area contributed by atoms with Gasteiger partial charge in [-0.1, -0.05) is 60.2 Å². The monoisotopic (exact) mass is 511 g/mol. The van der Waals surface area contributed by atoms with Gasteiger partial charge in [0.05, 0.1) is 0 Å². The number of aryl methyl sites for hydroxylation is 1. The number of carbonyl (C=O) groups is 2. The number of rotatable bonds is 8. The first kappa shape index (κ1) is 26.7. The molecule has 0 bridgehead atoms. The lowest BCUT2D eigenvalue weighted by molar-refractivity contribution is -0.147. The molecule has 1 amide bonds. The van der Waals surface area contributed by atoms with Gasteiger partial charge in [-0.2, -0.15) is 8.42 Å². The number of carbonyl (C=O) groups excluding carboxylic acids is 2. The highest BCUT2D eigenvalue weighted by molar-refractivity contribution is 7.87. The summed E-state index contributed by atoms with van der Waals surface area (Å²) in [7, 11) is -4.04. The van der Waals surface area contributed by atoms with Crippen LogP contribution in [0, 0.1) is 6.92 Å². The number of amides is 1. The Bertz CT molecular complexity index is 1280. The maximum atomic E-state index is 12.9. The van der Waals surface area contributed by atoms with E-state index in [4.69, 9.17) is 13.7 Å². The van der Waals surface area contributed by atoms with Crippen molar-refractivity contribution >= 4 is 22.2 Å². The summed E-state index contributed by atoms with van der Waals surface area (Å²) < 4.78 is 41.1. The van der Waals surface area contributed by atoms with E-state index in [1.807, 2.05) is 37.3 Å². The van der Waals surface area contributed by atoms with Crippen molar-refractivity contribution in [1.29, 1.82) is 0 Å². The first-order chi connectivity index (χ1) is 16.9. The molecule has 0 aliphatic heterocycles. The standard InChI is InChI=1S/C27H29NO7S/c1-19-10-16-23(17-11-19)36(31,32)35-22-14-12-21(13-15-22)24(28-26(30)34-27(2,3)4)25(29)33-18-20-8-6-5-7-9-20/h5-17,24H,18H2,1-4H3,(H,28,30). The molecule has 1 unspecified atom stereocenters. The van der Waals surface area contributed by atoms with Gasteiger partial charge in [-0.3, -0.25) is 0 Å². The van der Waals surface area contributed by atoms with Gasteiger partial charge < -0.3 is 19.0 Å². The lowest BCUT2D eigenvalue weighted by Crippen LogP contribution is -2.38. The summed E-state index contributed by atoms with van der Waals surface area (Å²) in [6, 6.07) is 19.9. The molecule has 0 aliphatic carbocycles. The molecule has 1 atom stereocenters. The highest BCUT2D eigenvalue weighted by atomic mass is 32.2. The summed E-state index contributed by atoms with van der Waals surface area (Å²) in [6.07, 6.45) is -0.800. The Morgan fingerprint density at radius 1 is 0.889 bits per heavy atom. The van der Waals surface area contributed by atoms with E-state index in [0.29, 0.717) is 5.56 Å². The average molecular weight is 512 g/mol. The second-order valence-corrected chi connectivity index (χ2v) is 10.6. The van der Waals surface area contributed by atoms with Gasteiger partial charge in [0, 0.05) is 0 Å². The van der Waals surface area contributed by atoms with Crippen LogP contribution in [-0.2, 0) is 31.0 Å². The molecule has 3 aromatic carbocycles. The molecule has 0 heterocycles. The van der Waals surface area contributed by atoms with Gasteiger partial charge in [0.25, 0.3) is 0 Å². The summed E-state index contributed by atoms with van der Waals surface area (Å²) in [4.78, 5) is 25.4. The van der Waals surface area contributed by atoms with Crippen LogP contribution in [0.3, 0.4) is 0 Å². The molecule has 3 rings (SSSR count). The molecule has 8 nitrogen and oxygen atoms in total. The van der Waals surface area contributed by atoms with Crippen molar-refractivity contribution in [2.45, 2.75) is 50.8 Å². The fourth-order valence-electron chi connectivity index (χ4n) is 3.11. The van der Waals surface area contributed by atoms with Crippen LogP contribution in [0.2, 0.25) is 0 Å². The van der Waals surface area contributed by atoms with Crippen LogP contribution >= 0.6 is 0 Å². The molecule has 9 heteroatoms. The van der Waals surface area contributed by atoms with E-state index in [1.54, 1.807) is 32.9 Å². The molecular weight excluding hydrogens is 482 g/mol. The third-order valence-electron chi connectivity index (χ3n) is 4.85. The van der Waals surface area contributed by atoms with Crippen molar-refractivity contribution < 1.29 is 31.7 Å². The van der Waals surface area contributed by atoms with Crippen molar-refractivity contribution in [2.24, 2.45) is 0 Å². The van der Waals surface area contributed by atoms with E-state index < -0.39 is 33.8 Å². The fraction of sp³-hybridized carbons (Fsp3) is 0.259. The molecule has 36 heavy (non-hydrogen) atoms. The maximum Gasteiger partial charge on any atom is 0.408 e. The van der Waals surface area contributed by atoms with Gasteiger partial charge in [0.2, 0.25) is 0 Å². The zero-order valence-corrected chi connectivity index (χ0v) is 21.4. The van der Waals surface area contributed by atoms with Crippen LogP contribution in [0.15, 0.2) is 83.8 Å². The van der Waals surface area contributed by atoms with Crippen LogP contribution in [0.5, 0.6) is 5.75 Å². The largest absolute Gasteiger partial charge is 0.459 e. The third-order valence-corrected chi connectivity index (χ3v) is 6.11. The molecule has 0 spiro atoms. The van der Waals surface area contributed by atoms with E-state index in [1.165, 1.54) is 36.4 Å². The van der Waals surface area contributed by atoms with E-state index in [2.05, 4.69) is 5.32 Å². The van der Waals surface area contributed by atoms with Crippen molar-refractivity contribution in [3.05, 3.63) is 95.6 Å². The van der Waals surface area contributed by atoms with Crippen molar-refractivity contribution in [3.63, 3.8) is 0 Å². The van der Waals surface area contributed by atoms with Crippen LogP contribution in [0.1, 0.15) is 43.5 Å². The molecule has 0 radical (unpaired) electrons. The van der Waals surface area contributed by atoms with Crippen molar-refractivity contribution in [2.75, 3.05) is 0 Å². The Morgan fingerprint density at radius 3 is 2.08 bits per heavy atom. The average Bonchev–Trinajstić information content (AvgIpc) is 2.81. The molecule has 0 saturated carbocycles. The van der Waals surface area contributed by atoms with Crippen LogP contribution in [-0.4, -0.2) is 26.1 Å². The maximum absolute atomic E-state index is 12.9.